The molecule has 1 saturated carbocycles. The molecule has 0 aromatic carbocycles. The van der Waals surface area contributed by atoms with Crippen LogP contribution in [0.1, 0.15) is 6.42 Å². The van der Waals surface area contributed by atoms with E-state index in [1.807, 2.05) is 0 Å². The minimum atomic E-state index is 0.458. The van der Waals surface area contributed by atoms with Gasteiger partial charge in [-0.15, -0.1) is 0 Å². The van der Waals surface area contributed by atoms with Crippen LogP contribution in [0.2, 0.25) is 0 Å². The van der Waals surface area contributed by atoms with E-state index in [2.05, 4.69) is 0 Å². The maximum absolute atomic E-state index is 5.53. The summed E-state index contributed by atoms with van der Waals surface area (Å²) in [5.41, 5.74) is 5.99. The molecule has 0 radical (unpaired) electrons. The maximum Gasteiger partial charge on any atom is 0.0538 e. The van der Waals surface area contributed by atoms with Crippen LogP contribution < -0.4 is 5.73 Å². The first-order valence-corrected chi connectivity index (χ1v) is 3.15. The van der Waals surface area contributed by atoms with E-state index in [1.165, 1.54) is 6.42 Å². The lowest BCUT2D eigenvalue weighted by Gasteiger charge is -2.03. The molecule has 2 nitrogen and oxygen atoms in total. The van der Waals surface area contributed by atoms with E-state index in [-0.39, 0.29) is 0 Å². The van der Waals surface area contributed by atoms with E-state index in [1.54, 1.807) is 0 Å². The van der Waals surface area contributed by atoms with Gasteiger partial charge in [0.1, 0.15) is 0 Å². The largest absolute Gasteiger partial charge is 0.380 e. The van der Waals surface area contributed by atoms with Crippen LogP contribution in [0.4, 0.5) is 0 Å². The molecule has 2 fully saturated rings. The van der Waals surface area contributed by atoms with Gasteiger partial charge in [-0.05, 0) is 12.3 Å². The number of fused-ring (bicyclic) bond motifs is 1. The lowest BCUT2D eigenvalue weighted by atomic mass is 10.1. The van der Waals surface area contributed by atoms with Gasteiger partial charge >= 0.3 is 0 Å². The summed E-state index contributed by atoms with van der Waals surface area (Å²) < 4.78 is 5.22. The summed E-state index contributed by atoms with van der Waals surface area (Å²) in [5.74, 6) is 0.826. The molecule has 2 N–H and O–H groups in total. The van der Waals surface area contributed by atoms with Crippen molar-refractivity contribution in [2.75, 3.05) is 19.8 Å². The molecule has 1 aliphatic heterocycles. The minimum Gasteiger partial charge on any atom is -0.380 e. The van der Waals surface area contributed by atoms with Crippen molar-refractivity contribution in [3.05, 3.63) is 0 Å². The molecule has 1 heterocycles. The standard InChI is InChI=1S/C6H11NO/c7-3-6-1-5(6)2-8-4-6/h5H,1-4,7H2/t5-,6+/m0/s1. The molecule has 2 atom stereocenters. The first-order chi connectivity index (χ1) is 3.87. The van der Waals surface area contributed by atoms with Crippen molar-refractivity contribution >= 4 is 0 Å². The smallest absolute Gasteiger partial charge is 0.0538 e. The third-order valence-electron chi connectivity index (χ3n) is 2.47. The molecule has 0 amide bonds. The van der Waals surface area contributed by atoms with Gasteiger partial charge in [0.25, 0.3) is 0 Å². The van der Waals surface area contributed by atoms with Gasteiger partial charge in [-0.1, -0.05) is 0 Å². The molecule has 0 aromatic heterocycles. The third-order valence-corrected chi connectivity index (χ3v) is 2.47. The maximum atomic E-state index is 5.53. The monoisotopic (exact) mass is 113 g/mol. The van der Waals surface area contributed by atoms with Crippen LogP contribution >= 0.6 is 0 Å². The van der Waals surface area contributed by atoms with Crippen molar-refractivity contribution in [2.24, 2.45) is 17.1 Å². The van der Waals surface area contributed by atoms with Gasteiger partial charge < -0.3 is 10.5 Å². The molecule has 0 unspecified atom stereocenters. The van der Waals surface area contributed by atoms with E-state index in [0.717, 1.165) is 25.7 Å². The Hall–Kier alpha value is -0.0800. The molecule has 8 heavy (non-hydrogen) atoms. The fraction of sp³-hybridized carbons (Fsp3) is 1.00. The molecule has 0 spiro atoms. The zero-order valence-electron chi connectivity index (χ0n) is 4.89. The highest BCUT2D eigenvalue weighted by Gasteiger charge is 2.56. The Morgan fingerprint density at radius 3 is 2.88 bits per heavy atom. The molecular formula is C6H11NO. The third kappa shape index (κ3) is 0.400. The summed E-state index contributed by atoms with van der Waals surface area (Å²) >= 11 is 0. The predicted octanol–water partition coefficient (Wildman–Crippen LogP) is -0.0184. The first-order valence-electron chi connectivity index (χ1n) is 3.15. The van der Waals surface area contributed by atoms with Crippen LogP contribution in [0.15, 0.2) is 0 Å². The van der Waals surface area contributed by atoms with Gasteiger partial charge in [0.15, 0.2) is 0 Å². The van der Waals surface area contributed by atoms with Gasteiger partial charge in [-0.25, -0.2) is 0 Å². The molecule has 0 bridgehead atoms. The lowest BCUT2D eigenvalue weighted by Crippen LogP contribution is -2.18. The number of rotatable bonds is 1. The van der Waals surface area contributed by atoms with Crippen LogP contribution in [0.25, 0.3) is 0 Å². The van der Waals surface area contributed by atoms with Crippen molar-refractivity contribution in [1.29, 1.82) is 0 Å². The Kier molecular flexibility index (Phi) is 0.746. The SMILES string of the molecule is NC[C@]12COC[C@@H]1C2. The summed E-state index contributed by atoms with van der Waals surface area (Å²) in [7, 11) is 0. The Morgan fingerprint density at radius 2 is 2.62 bits per heavy atom. The fourth-order valence-electron chi connectivity index (χ4n) is 1.56. The Labute approximate surface area is 49.0 Å². The first kappa shape index (κ1) is 4.77. The van der Waals surface area contributed by atoms with Gasteiger partial charge in [0.2, 0.25) is 0 Å². The highest BCUT2D eigenvalue weighted by atomic mass is 16.5. The van der Waals surface area contributed by atoms with Gasteiger partial charge in [-0.2, -0.15) is 0 Å². The van der Waals surface area contributed by atoms with Crippen molar-refractivity contribution in [3.8, 4) is 0 Å². The van der Waals surface area contributed by atoms with Crippen molar-refractivity contribution in [3.63, 3.8) is 0 Å². The zero-order chi connectivity index (χ0) is 5.61. The Morgan fingerprint density at radius 1 is 1.75 bits per heavy atom. The highest BCUT2D eigenvalue weighted by molar-refractivity contribution is 5.06. The second kappa shape index (κ2) is 1.25. The number of hydrogen-bond donors (Lipinski definition) is 1. The molecule has 2 heteroatoms. The van der Waals surface area contributed by atoms with Crippen LogP contribution in [0.3, 0.4) is 0 Å². The van der Waals surface area contributed by atoms with Crippen LogP contribution in [0.5, 0.6) is 0 Å². The topological polar surface area (TPSA) is 35.2 Å². The van der Waals surface area contributed by atoms with E-state index in [0.29, 0.717) is 5.41 Å². The van der Waals surface area contributed by atoms with E-state index >= 15 is 0 Å². The second-order valence-corrected chi connectivity index (χ2v) is 2.98. The van der Waals surface area contributed by atoms with Gasteiger partial charge in [-0.3, -0.25) is 0 Å². The molecule has 46 valence electrons. The average Bonchev–Trinajstić information content (AvgIpc) is 2.38. The molecule has 2 aliphatic rings. The fourth-order valence-corrected chi connectivity index (χ4v) is 1.56. The second-order valence-electron chi connectivity index (χ2n) is 2.98. The quantitative estimate of drug-likeness (QED) is 0.518. The lowest BCUT2D eigenvalue weighted by molar-refractivity contribution is 0.148. The van der Waals surface area contributed by atoms with Crippen LogP contribution in [-0.4, -0.2) is 19.8 Å². The predicted molar refractivity (Wildman–Crippen MR) is 30.4 cm³/mol. The molecule has 1 saturated heterocycles. The zero-order valence-corrected chi connectivity index (χ0v) is 4.89. The molecule has 0 aromatic rings. The summed E-state index contributed by atoms with van der Waals surface area (Å²) in [6, 6.07) is 0. The molecule has 1 aliphatic carbocycles. The summed E-state index contributed by atoms with van der Waals surface area (Å²) in [6.45, 7) is 2.73. The van der Waals surface area contributed by atoms with E-state index in [4.69, 9.17) is 10.5 Å². The molecular weight excluding hydrogens is 102 g/mol. The van der Waals surface area contributed by atoms with Gasteiger partial charge in [0, 0.05) is 12.0 Å². The summed E-state index contributed by atoms with van der Waals surface area (Å²) in [4.78, 5) is 0. The minimum absolute atomic E-state index is 0.458. The van der Waals surface area contributed by atoms with E-state index in [9.17, 15) is 0 Å². The number of nitrogens with two attached hydrogens (primary N) is 1. The van der Waals surface area contributed by atoms with E-state index < -0.39 is 0 Å². The average molecular weight is 113 g/mol. The number of ether oxygens (including phenoxy) is 1. The Bertz CT molecular complexity index is 111. The summed E-state index contributed by atoms with van der Waals surface area (Å²) in [5, 5.41) is 0. The molecule has 2 rings (SSSR count). The summed E-state index contributed by atoms with van der Waals surface area (Å²) in [6.07, 6.45) is 1.32. The van der Waals surface area contributed by atoms with Crippen molar-refractivity contribution in [1.82, 2.24) is 0 Å². The Balaban J connectivity index is 2.08. The number of hydrogen-bond acceptors (Lipinski definition) is 2. The highest BCUT2D eigenvalue weighted by Crippen LogP contribution is 2.55. The van der Waals surface area contributed by atoms with Crippen LogP contribution in [-0.2, 0) is 4.74 Å². The van der Waals surface area contributed by atoms with Gasteiger partial charge in [0.05, 0.1) is 13.2 Å². The van der Waals surface area contributed by atoms with Crippen molar-refractivity contribution < 1.29 is 4.74 Å². The van der Waals surface area contributed by atoms with Crippen LogP contribution in [0, 0.1) is 11.3 Å². The van der Waals surface area contributed by atoms with Crippen molar-refractivity contribution in [2.45, 2.75) is 6.42 Å². The normalized spacial score (nSPS) is 51.4.